The largest absolute Gasteiger partial charge is 0.486 e. The number of carbonyl (C=O) groups is 1. The van der Waals surface area contributed by atoms with Crippen molar-refractivity contribution in [2.45, 2.75) is 33.1 Å². The van der Waals surface area contributed by atoms with E-state index in [1.807, 2.05) is 0 Å². The molecular weight excluding hydrogens is 332 g/mol. The third kappa shape index (κ3) is 4.62. The third-order valence-corrected chi connectivity index (χ3v) is 3.96. The molecule has 0 saturated heterocycles. The van der Waals surface area contributed by atoms with Crippen LogP contribution in [-0.2, 0) is 0 Å². The number of nitrogens with one attached hydrogen (secondary N) is 2. The van der Waals surface area contributed by atoms with Gasteiger partial charge in [0.15, 0.2) is 11.5 Å². The minimum atomic E-state index is -0.288. The molecule has 7 nitrogen and oxygen atoms in total. The van der Waals surface area contributed by atoms with Crippen molar-refractivity contribution in [3.8, 4) is 11.5 Å². The van der Waals surface area contributed by atoms with Crippen LogP contribution in [0.15, 0.2) is 24.3 Å². The normalized spacial score (nSPS) is 12.5. The summed E-state index contributed by atoms with van der Waals surface area (Å²) in [5.41, 5.74) is 0.957. The highest BCUT2D eigenvalue weighted by atomic mass is 16.6. The first-order valence-electron chi connectivity index (χ1n) is 8.96. The molecular formula is C19H24N4O3. The van der Waals surface area contributed by atoms with Crippen LogP contribution in [0.1, 0.15) is 42.5 Å². The number of hydrogen-bond donors (Lipinski definition) is 2. The van der Waals surface area contributed by atoms with E-state index in [-0.39, 0.29) is 5.91 Å². The topological polar surface area (TPSA) is 85.4 Å². The van der Waals surface area contributed by atoms with Gasteiger partial charge in [-0.1, -0.05) is 19.8 Å². The molecule has 1 aliphatic heterocycles. The predicted molar refractivity (Wildman–Crippen MR) is 100 cm³/mol. The number of nitrogens with zero attached hydrogens (tertiary/aromatic N) is 2. The van der Waals surface area contributed by atoms with Gasteiger partial charge in [-0.3, -0.25) is 4.79 Å². The van der Waals surface area contributed by atoms with E-state index in [0.717, 1.165) is 25.8 Å². The Bertz CT molecular complexity index is 779. The highest BCUT2D eigenvalue weighted by Crippen LogP contribution is 2.32. The highest BCUT2D eigenvalue weighted by Gasteiger charge is 2.15. The van der Waals surface area contributed by atoms with Gasteiger partial charge in [-0.2, -0.15) is 0 Å². The van der Waals surface area contributed by atoms with Crippen molar-refractivity contribution >= 4 is 17.4 Å². The van der Waals surface area contributed by atoms with Crippen molar-refractivity contribution in [2.75, 3.05) is 30.4 Å². The summed E-state index contributed by atoms with van der Waals surface area (Å²) in [5, 5.41) is 6.10. The number of aromatic nitrogens is 2. The molecule has 2 heterocycles. The molecule has 1 aromatic heterocycles. The van der Waals surface area contributed by atoms with Gasteiger partial charge in [0, 0.05) is 24.4 Å². The number of anilines is 2. The van der Waals surface area contributed by atoms with Crippen LogP contribution in [0, 0.1) is 6.92 Å². The summed E-state index contributed by atoms with van der Waals surface area (Å²) in [6.45, 7) is 5.80. The summed E-state index contributed by atoms with van der Waals surface area (Å²) >= 11 is 0. The maximum atomic E-state index is 12.6. The predicted octanol–water partition coefficient (Wildman–Crippen LogP) is 3.41. The Morgan fingerprint density at radius 1 is 1.12 bits per heavy atom. The lowest BCUT2D eigenvalue weighted by atomic mass is 10.2. The number of carbonyl (C=O) groups excluding carboxylic acids is 1. The smallest absolute Gasteiger partial charge is 0.274 e. The molecule has 2 N–H and O–H groups in total. The number of aryl methyl sites for hydroxylation is 1. The fourth-order valence-corrected chi connectivity index (χ4v) is 2.68. The molecule has 0 aliphatic carbocycles. The number of hydrogen-bond acceptors (Lipinski definition) is 6. The van der Waals surface area contributed by atoms with E-state index in [9.17, 15) is 4.79 Å². The Hall–Kier alpha value is -2.83. The van der Waals surface area contributed by atoms with Gasteiger partial charge in [0.05, 0.1) is 0 Å². The standard InChI is InChI=1S/C19H24N4O3/c1-3-4-5-8-20-18-12-15(21-13(2)22-18)19(24)23-14-6-7-16-17(11-14)26-10-9-25-16/h6-7,11-12H,3-5,8-10H2,1-2H3,(H,23,24)(H,20,21,22). The Kier molecular flexibility index (Phi) is 5.88. The first-order chi connectivity index (χ1) is 12.7. The SMILES string of the molecule is CCCCCNc1cc(C(=O)Nc2ccc3c(c2)OCCO3)nc(C)n1. The van der Waals surface area contributed by atoms with Crippen LogP contribution < -0.4 is 20.1 Å². The second-order valence-corrected chi connectivity index (χ2v) is 6.13. The average Bonchev–Trinajstić information content (AvgIpc) is 2.65. The molecule has 0 atom stereocenters. The Morgan fingerprint density at radius 3 is 2.73 bits per heavy atom. The molecule has 1 aromatic carbocycles. The van der Waals surface area contributed by atoms with Crippen LogP contribution in [-0.4, -0.2) is 35.6 Å². The monoisotopic (exact) mass is 356 g/mol. The second kappa shape index (κ2) is 8.51. The van der Waals surface area contributed by atoms with E-state index in [4.69, 9.17) is 9.47 Å². The lowest BCUT2D eigenvalue weighted by Crippen LogP contribution is -2.17. The molecule has 3 rings (SSSR count). The van der Waals surface area contributed by atoms with E-state index in [0.29, 0.717) is 47.7 Å². The molecule has 2 aromatic rings. The molecule has 0 radical (unpaired) electrons. The minimum absolute atomic E-state index is 0.288. The zero-order valence-corrected chi connectivity index (χ0v) is 15.2. The van der Waals surface area contributed by atoms with Gasteiger partial charge in [-0.15, -0.1) is 0 Å². The van der Waals surface area contributed by atoms with E-state index in [1.165, 1.54) is 0 Å². The fourth-order valence-electron chi connectivity index (χ4n) is 2.68. The molecule has 7 heteroatoms. The average molecular weight is 356 g/mol. The van der Waals surface area contributed by atoms with Gasteiger partial charge in [0.25, 0.3) is 5.91 Å². The molecule has 1 amide bonds. The molecule has 138 valence electrons. The summed E-state index contributed by atoms with van der Waals surface area (Å²) < 4.78 is 11.0. The summed E-state index contributed by atoms with van der Waals surface area (Å²) in [5.74, 6) is 2.25. The van der Waals surface area contributed by atoms with Crippen LogP contribution in [0.2, 0.25) is 0 Å². The fraction of sp³-hybridized carbons (Fsp3) is 0.421. The van der Waals surface area contributed by atoms with Crippen molar-refractivity contribution in [2.24, 2.45) is 0 Å². The lowest BCUT2D eigenvalue weighted by molar-refractivity contribution is 0.102. The molecule has 0 unspecified atom stereocenters. The van der Waals surface area contributed by atoms with Crippen molar-refractivity contribution in [1.29, 1.82) is 0 Å². The number of unbranched alkanes of at least 4 members (excludes halogenated alkanes) is 2. The quantitative estimate of drug-likeness (QED) is 0.740. The maximum absolute atomic E-state index is 12.6. The van der Waals surface area contributed by atoms with Crippen molar-refractivity contribution in [3.63, 3.8) is 0 Å². The number of ether oxygens (including phenoxy) is 2. The molecule has 0 bridgehead atoms. The van der Waals surface area contributed by atoms with Crippen LogP contribution in [0.25, 0.3) is 0 Å². The Balaban J connectivity index is 1.68. The number of fused-ring (bicyclic) bond motifs is 1. The first kappa shape index (κ1) is 18.0. The molecule has 26 heavy (non-hydrogen) atoms. The van der Waals surface area contributed by atoms with Gasteiger partial charge in [-0.25, -0.2) is 9.97 Å². The Labute approximate surface area is 153 Å². The van der Waals surface area contributed by atoms with E-state index >= 15 is 0 Å². The Morgan fingerprint density at radius 2 is 1.92 bits per heavy atom. The third-order valence-electron chi connectivity index (χ3n) is 3.96. The van der Waals surface area contributed by atoms with Gasteiger partial charge in [0.1, 0.15) is 30.5 Å². The van der Waals surface area contributed by atoms with Gasteiger partial charge >= 0.3 is 0 Å². The maximum Gasteiger partial charge on any atom is 0.274 e. The lowest BCUT2D eigenvalue weighted by Gasteiger charge is -2.19. The number of rotatable bonds is 7. The van der Waals surface area contributed by atoms with Crippen LogP contribution in [0.4, 0.5) is 11.5 Å². The van der Waals surface area contributed by atoms with E-state index < -0.39 is 0 Å². The van der Waals surface area contributed by atoms with Gasteiger partial charge in [-0.05, 0) is 25.5 Å². The summed E-state index contributed by atoms with van der Waals surface area (Å²) in [4.78, 5) is 21.1. The highest BCUT2D eigenvalue weighted by molar-refractivity contribution is 6.03. The molecule has 0 saturated carbocycles. The van der Waals surface area contributed by atoms with Crippen molar-refractivity contribution in [3.05, 3.63) is 35.8 Å². The zero-order valence-electron chi connectivity index (χ0n) is 15.2. The second-order valence-electron chi connectivity index (χ2n) is 6.13. The molecule has 0 spiro atoms. The first-order valence-corrected chi connectivity index (χ1v) is 8.96. The van der Waals surface area contributed by atoms with E-state index in [2.05, 4.69) is 27.5 Å². The molecule has 1 aliphatic rings. The summed E-state index contributed by atoms with van der Waals surface area (Å²) in [6.07, 6.45) is 3.39. The summed E-state index contributed by atoms with van der Waals surface area (Å²) in [6, 6.07) is 7.00. The van der Waals surface area contributed by atoms with Crippen LogP contribution >= 0.6 is 0 Å². The van der Waals surface area contributed by atoms with Crippen molar-refractivity contribution in [1.82, 2.24) is 9.97 Å². The van der Waals surface area contributed by atoms with Crippen molar-refractivity contribution < 1.29 is 14.3 Å². The van der Waals surface area contributed by atoms with E-state index in [1.54, 1.807) is 31.2 Å². The molecule has 0 fully saturated rings. The minimum Gasteiger partial charge on any atom is -0.486 e. The van der Waals surface area contributed by atoms with Gasteiger partial charge in [0.2, 0.25) is 0 Å². The van der Waals surface area contributed by atoms with Crippen LogP contribution in [0.3, 0.4) is 0 Å². The number of amides is 1. The van der Waals surface area contributed by atoms with Crippen LogP contribution in [0.5, 0.6) is 11.5 Å². The zero-order chi connectivity index (χ0) is 18.4. The number of benzene rings is 1. The van der Waals surface area contributed by atoms with Gasteiger partial charge < -0.3 is 20.1 Å². The summed E-state index contributed by atoms with van der Waals surface area (Å²) in [7, 11) is 0.